The second-order valence-corrected chi connectivity index (χ2v) is 4.90. The number of methoxy groups -OCH3 is 1. The summed E-state index contributed by atoms with van der Waals surface area (Å²) in [6.45, 7) is 1.71. The lowest BCUT2D eigenvalue weighted by Gasteiger charge is -2.08. The van der Waals surface area contributed by atoms with Gasteiger partial charge in [0.05, 0.1) is 7.11 Å². The summed E-state index contributed by atoms with van der Waals surface area (Å²) in [5.74, 6) is -0.430. The Morgan fingerprint density at radius 2 is 1.67 bits per heavy atom. The minimum Gasteiger partial charge on any atom is -0.497 e. The molecule has 0 saturated heterocycles. The third-order valence-corrected chi connectivity index (χ3v) is 3.05. The molecule has 0 atom stereocenters. The maximum absolute atomic E-state index is 11.7. The number of amides is 1. The molecule has 0 radical (unpaired) electrons. The number of hydrogen-bond acceptors (Lipinski definition) is 5. The van der Waals surface area contributed by atoms with E-state index in [4.69, 9.17) is 9.57 Å². The zero-order chi connectivity index (χ0) is 17.4. The number of hydrogen-bond donors (Lipinski definition) is 2. The lowest BCUT2D eigenvalue weighted by molar-refractivity contribution is -0.142. The van der Waals surface area contributed by atoms with Crippen LogP contribution in [0.25, 0.3) is 0 Å². The van der Waals surface area contributed by atoms with Crippen LogP contribution in [0.5, 0.6) is 5.75 Å². The molecule has 0 aliphatic carbocycles. The summed E-state index contributed by atoms with van der Waals surface area (Å²) in [7, 11) is 1.59. The number of anilines is 1. The first-order valence-corrected chi connectivity index (χ1v) is 7.24. The molecule has 0 bridgehead atoms. The Kier molecular flexibility index (Phi) is 5.96. The second-order valence-electron chi connectivity index (χ2n) is 4.90. The Morgan fingerprint density at radius 3 is 2.29 bits per heavy atom. The molecule has 2 aromatic carbocycles. The molecule has 24 heavy (non-hydrogen) atoms. The van der Waals surface area contributed by atoms with Crippen LogP contribution in [0.2, 0.25) is 0 Å². The number of ether oxygens (including phenoxy) is 1. The molecule has 0 unspecified atom stereocenters. The Bertz CT molecular complexity index is 724. The van der Waals surface area contributed by atoms with Crippen molar-refractivity contribution in [2.75, 3.05) is 12.4 Å². The van der Waals surface area contributed by atoms with E-state index in [1.807, 2.05) is 12.1 Å². The van der Waals surface area contributed by atoms with E-state index in [2.05, 4.69) is 10.8 Å². The summed E-state index contributed by atoms with van der Waals surface area (Å²) in [5.41, 5.74) is 3.88. The van der Waals surface area contributed by atoms with Gasteiger partial charge in [0.1, 0.15) is 5.75 Å². The molecule has 0 fully saturated rings. The van der Waals surface area contributed by atoms with Crippen LogP contribution in [0.15, 0.2) is 66.4 Å². The van der Waals surface area contributed by atoms with E-state index < -0.39 is 11.9 Å². The lowest BCUT2D eigenvalue weighted by Crippen LogP contribution is -2.26. The van der Waals surface area contributed by atoms with Crippen molar-refractivity contribution in [3.63, 3.8) is 0 Å². The largest absolute Gasteiger partial charge is 0.497 e. The highest BCUT2D eigenvalue weighted by Gasteiger charge is 2.07. The molecule has 0 heterocycles. The van der Waals surface area contributed by atoms with Crippen molar-refractivity contribution in [3.05, 3.63) is 71.9 Å². The van der Waals surface area contributed by atoms with E-state index >= 15 is 0 Å². The average Bonchev–Trinajstić information content (AvgIpc) is 2.61. The van der Waals surface area contributed by atoms with Crippen LogP contribution in [0, 0.1) is 0 Å². The van der Waals surface area contributed by atoms with Crippen molar-refractivity contribution in [2.24, 2.45) is 0 Å². The van der Waals surface area contributed by atoms with Crippen molar-refractivity contribution < 1.29 is 19.2 Å². The van der Waals surface area contributed by atoms with Crippen molar-refractivity contribution in [2.45, 2.75) is 6.92 Å². The van der Waals surface area contributed by atoms with Crippen molar-refractivity contribution in [1.29, 1.82) is 0 Å². The summed E-state index contributed by atoms with van der Waals surface area (Å²) in [4.78, 5) is 28.2. The predicted molar refractivity (Wildman–Crippen MR) is 90.4 cm³/mol. The van der Waals surface area contributed by atoms with E-state index in [-0.39, 0.29) is 0 Å². The third-order valence-electron chi connectivity index (χ3n) is 3.05. The Labute approximate surface area is 140 Å². The number of benzene rings is 2. The first kappa shape index (κ1) is 17.1. The lowest BCUT2D eigenvalue weighted by atomic mass is 10.2. The Morgan fingerprint density at radius 1 is 1.00 bits per heavy atom. The predicted octanol–water partition coefficient (Wildman–Crippen LogP) is 2.90. The van der Waals surface area contributed by atoms with Crippen molar-refractivity contribution in [3.8, 4) is 5.75 Å². The molecule has 0 aliphatic rings. The van der Waals surface area contributed by atoms with Gasteiger partial charge in [-0.05, 0) is 43.3 Å². The quantitative estimate of drug-likeness (QED) is 0.652. The van der Waals surface area contributed by atoms with Gasteiger partial charge in [-0.25, -0.2) is 4.79 Å². The van der Waals surface area contributed by atoms with Crippen LogP contribution < -0.4 is 15.5 Å². The minimum absolute atomic E-state index is 0.405. The third kappa shape index (κ3) is 5.17. The van der Waals surface area contributed by atoms with E-state index in [0.717, 1.165) is 11.4 Å². The summed E-state index contributed by atoms with van der Waals surface area (Å²) in [6.07, 6.45) is 1.25. The standard InChI is InChI=1S/C18H18N2O4/c1-13(19-15-8-10-16(23-2)11-9-15)12-17(21)24-20-18(22)14-6-4-3-5-7-14/h3-12,19H,1-2H3,(H,20,22)/b13-12+. The highest BCUT2D eigenvalue weighted by molar-refractivity contribution is 5.94. The fourth-order valence-electron chi connectivity index (χ4n) is 1.89. The van der Waals surface area contributed by atoms with Crippen molar-refractivity contribution in [1.82, 2.24) is 5.48 Å². The highest BCUT2D eigenvalue weighted by Crippen LogP contribution is 2.16. The molecular formula is C18H18N2O4. The fraction of sp³-hybridized carbons (Fsp3) is 0.111. The van der Waals surface area contributed by atoms with Gasteiger partial charge in [0.2, 0.25) is 0 Å². The van der Waals surface area contributed by atoms with Gasteiger partial charge in [-0.1, -0.05) is 18.2 Å². The van der Waals surface area contributed by atoms with E-state index in [1.165, 1.54) is 6.08 Å². The second kappa shape index (κ2) is 8.38. The van der Waals surface area contributed by atoms with Gasteiger partial charge >= 0.3 is 5.97 Å². The van der Waals surface area contributed by atoms with Crippen LogP contribution in [0.1, 0.15) is 17.3 Å². The van der Waals surface area contributed by atoms with Gasteiger partial charge < -0.3 is 14.9 Å². The van der Waals surface area contributed by atoms with E-state index in [0.29, 0.717) is 11.3 Å². The van der Waals surface area contributed by atoms with Crippen LogP contribution in [0.3, 0.4) is 0 Å². The average molecular weight is 326 g/mol. The van der Waals surface area contributed by atoms with Crippen molar-refractivity contribution >= 4 is 17.6 Å². The number of carbonyl (C=O) groups is 2. The zero-order valence-electron chi connectivity index (χ0n) is 13.4. The molecule has 0 aromatic heterocycles. The molecule has 6 heteroatoms. The van der Waals surface area contributed by atoms with E-state index in [1.54, 1.807) is 56.5 Å². The number of allylic oxidation sites excluding steroid dienone is 1. The van der Waals surface area contributed by atoms with Gasteiger partial charge in [-0.3, -0.25) is 4.79 Å². The molecule has 1 amide bonds. The summed E-state index contributed by atoms with van der Waals surface area (Å²) < 4.78 is 5.07. The highest BCUT2D eigenvalue weighted by atomic mass is 16.7. The molecule has 2 rings (SSSR count). The van der Waals surface area contributed by atoms with Gasteiger partial charge in [-0.15, -0.1) is 0 Å². The molecular weight excluding hydrogens is 308 g/mol. The van der Waals surface area contributed by atoms with Gasteiger partial charge in [0, 0.05) is 23.0 Å². The molecule has 0 spiro atoms. The summed E-state index contributed by atoms with van der Waals surface area (Å²) >= 11 is 0. The van der Waals surface area contributed by atoms with Crippen LogP contribution >= 0.6 is 0 Å². The molecule has 0 saturated carbocycles. The maximum Gasteiger partial charge on any atom is 0.357 e. The summed E-state index contributed by atoms with van der Waals surface area (Å²) in [6, 6.07) is 15.7. The van der Waals surface area contributed by atoms with Gasteiger partial charge in [0.15, 0.2) is 0 Å². The smallest absolute Gasteiger partial charge is 0.357 e. The number of hydroxylamine groups is 1. The van der Waals surface area contributed by atoms with Gasteiger partial charge in [-0.2, -0.15) is 5.48 Å². The number of rotatable bonds is 5. The monoisotopic (exact) mass is 326 g/mol. The Hall–Kier alpha value is -3.28. The molecule has 124 valence electrons. The molecule has 0 aliphatic heterocycles. The zero-order valence-corrected chi connectivity index (χ0v) is 13.4. The molecule has 6 nitrogen and oxygen atoms in total. The van der Waals surface area contributed by atoms with Crippen LogP contribution in [-0.2, 0) is 9.63 Å². The fourth-order valence-corrected chi connectivity index (χ4v) is 1.89. The number of carbonyl (C=O) groups excluding carboxylic acids is 2. The molecule has 2 aromatic rings. The number of nitrogens with one attached hydrogen (secondary N) is 2. The first-order valence-electron chi connectivity index (χ1n) is 7.24. The van der Waals surface area contributed by atoms with Crippen LogP contribution in [-0.4, -0.2) is 19.0 Å². The van der Waals surface area contributed by atoms with Gasteiger partial charge in [0.25, 0.3) is 5.91 Å². The Balaban J connectivity index is 1.85. The first-order chi connectivity index (χ1) is 11.6. The van der Waals surface area contributed by atoms with E-state index in [9.17, 15) is 9.59 Å². The summed E-state index contributed by atoms with van der Waals surface area (Å²) in [5, 5.41) is 3.04. The molecule has 2 N–H and O–H groups in total. The SMILES string of the molecule is COc1ccc(N/C(C)=C/C(=O)ONC(=O)c2ccccc2)cc1. The minimum atomic E-state index is -0.683. The topological polar surface area (TPSA) is 76.7 Å². The normalized spacial score (nSPS) is 10.7. The van der Waals surface area contributed by atoms with Crippen LogP contribution in [0.4, 0.5) is 5.69 Å². The maximum atomic E-state index is 11.7.